The SMILES string of the molecule is Fc1cc(F)cc(-c2cnc(C3CCCCN3)[nH]2)c1. The van der Waals surface area contributed by atoms with Gasteiger partial charge in [-0.3, -0.25) is 0 Å². The Kier molecular flexibility index (Phi) is 3.29. The second-order valence-electron chi connectivity index (χ2n) is 4.84. The number of hydrogen-bond donors (Lipinski definition) is 2. The van der Waals surface area contributed by atoms with Crippen LogP contribution in [0.1, 0.15) is 31.1 Å². The summed E-state index contributed by atoms with van der Waals surface area (Å²) in [5.41, 5.74) is 1.12. The molecule has 1 aliphatic rings. The first kappa shape index (κ1) is 12.3. The molecule has 1 aliphatic heterocycles. The van der Waals surface area contributed by atoms with Crippen LogP contribution in [-0.2, 0) is 0 Å². The van der Waals surface area contributed by atoms with E-state index >= 15 is 0 Å². The Morgan fingerprint density at radius 2 is 1.89 bits per heavy atom. The summed E-state index contributed by atoms with van der Waals surface area (Å²) in [4.78, 5) is 7.46. The first-order valence-electron chi connectivity index (χ1n) is 6.47. The Balaban J connectivity index is 1.87. The number of imidazole rings is 1. The minimum absolute atomic E-state index is 0.209. The third kappa shape index (κ3) is 2.66. The number of piperidine rings is 1. The van der Waals surface area contributed by atoms with Gasteiger partial charge in [0.1, 0.15) is 17.5 Å². The van der Waals surface area contributed by atoms with Crippen molar-refractivity contribution in [1.82, 2.24) is 15.3 Å². The van der Waals surface area contributed by atoms with Crippen molar-refractivity contribution >= 4 is 0 Å². The molecule has 3 nitrogen and oxygen atoms in total. The summed E-state index contributed by atoms with van der Waals surface area (Å²) >= 11 is 0. The van der Waals surface area contributed by atoms with Crippen molar-refractivity contribution in [2.75, 3.05) is 6.54 Å². The van der Waals surface area contributed by atoms with Gasteiger partial charge in [-0.15, -0.1) is 0 Å². The quantitative estimate of drug-likeness (QED) is 0.873. The standard InChI is InChI=1S/C14H15F2N3/c15-10-5-9(6-11(16)7-10)13-8-18-14(19-13)12-3-1-2-4-17-12/h5-8,12,17H,1-4H2,(H,18,19). The summed E-state index contributed by atoms with van der Waals surface area (Å²) in [6.07, 6.45) is 5.01. The summed E-state index contributed by atoms with van der Waals surface area (Å²) in [6, 6.07) is 3.67. The van der Waals surface area contributed by atoms with Gasteiger partial charge < -0.3 is 10.3 Å². The number of hydrogen-bond acceptors (Lipinski definition) is 2. The minimum atomic E-state index is -0.582. The Morgan fingerprint density at radius 3 is 2.58 bits per heavy atom. The van der Waals surface area contributed by atoms with Gasteiger partial charge in [-0.2, -0.15) is 0 Å². The van der Waals surface area contributed by atoms with Crippen LogP contribution in [0.2, 0.25) is 0 Å². The average Bonchev–Trinajstić information content (AvgIpc) is 2.88. The highest BCUT2D eigenvalue weighted by Crippen LogP contribution is 2.24. The summed E-state index contributed by atoms with van der Waals surface area (Å²) < 4.78 is 26.4. The Labute approximate surface area is 110 Å². The van der Waals surface area contributed by atoms with E-state index < -0.39 is 11.6 Å². The molecule has 19 heavy (non-hydrogen) atoms. The molecule has 0 aliphatic carbocycles. The molecule has 1 saturated heterocycles. The molecule has 3 rings (SSSR count). The smallest absolute Gasteiger partial charge is 0.126 e. The van der Waals surface area contributed by atoms with Crippen molar-refractivity contribution in [3.05, 3.63) is 41.9 Å². The van der Waals surface area contributed by atoms with Gasteiger partial charge in [0, 0.05) is 11.6 Å². The van der Waals surface area contributed by atoms with Crippen molar-refractivity contribution in [3.63, 3.8) is 0 Å². The Hall–Kier alpha value is -1.75. The number of benzene rings is 1. The number of halogens is 2. The van der Waals surface area contributed by atoms with Crippen LogP contribution in [0.5, 0.6) is 0 Å². The number of aromatic nitrogens is 2. The van der Waals surface area contributed by atoms with Crippen LogP contribution in [0.25, 0.3) is 11.3 Å². The molecule has 100 valence electrons. The van der Waals surface area contributed by atoms with Crippen molar-refractivity contribution in [2.24, 2.45) is 0 Å². The summed E-state index contributed by atoms with van der Waals surface area (Å²) in [7, 11) is 0. The molecule has 0 bridgehead atoms. The van der Waals surface area contributed by atoms with Crippen molar-refractivity contribution in [1.29, 1.82) is 0 Å². The van der Waals surface area contributed by atoms with Gasteiger partial charge in [0.2, 0.25) is 0 Å². The summed E-state index contributed by atoms with van der Waals surface area (Å²) in [5, 5.41) is 3.38. The molecular formula is C14H15F2N3. The van der Waals surface area contributed by atoms with Gasteiger partial charge in [0.25, 0.3) is 0 Å². The van der Waals surface area contributed by atoms with Crippen molar-refractivity contribution in [2.45, 2.75) is 25.3 Å². The molecular weight excluding hydrogens is 248 g/mol. The third-order valence-corrected chi connectivity index (χ3v) is 3.41. The van der Waals surface area contributed by atoms with Gasteiger partial charge >= 0.3 is 0 Å². The van der Waals surface area contributed by atoms with Gasteiger partial charge in [0.05, 0.1) is 17.9 Å². The van der Waals surface area contributed by atoms with Crippen LogP contribution >= 0.6 is 0 Å². The number of aromatic amines is 1. The fraction of sp³-hybridized carbons (Fsp3) is 0.357. The first-order valence-corrected chi connectivity index (χ1v) is 6.47. The van der Waals surface area contributed by atoms with E-state index in [4.69, 9.17) is 0 Å². The highest BCUT2D eigenvalue weighted by atomic mass is 19.1. The van der Waals surface area contributed by atoms with E-state index in [1.54, 1.807) is 6.20 Å². The topological polar surface area (TPSA) is 40.7 Å². The zero-order chi connectivity index (χ0) is 13.2. The second-order valence-corrected chi connectivity index (χ2v) is 4.84. The van der Waals surface area contributed by atoms with Crippen LogP contribution < -0.4 is 5.32 Å². The van der Waals surface area contributed by atoms with Crippen LogP contribution in [0, 0.1) is 11.6 Å². The Bertz CT molecular complexity index is 554. The lowest BCUT2D eigenvalue weighted by atomic mass is 10.0. The lowest BCUT2D eigenvalue weighted by Gasteiger charge is -2.21. The van der Waals surface area contributed by atoms with E-state index in [0.717, 1.165) is 24.9 Å². The van der Waals surface area contributed by atoms with E-state index in [1.165, 1.54) is 25.0 Å². The van der Waals surface area contributed by atoms with E-state index in [9.17, 15) is 8.78 Å². The maximum atomic E-state index is 13.2. The highest BCUT2D eigenvalue weighted by Gasteiger charge is 2.18. The monoisotopic (exact) mass is 263 g/mol. The molecule has 1 fully saturated rings. The molecule has 1 aromatic carbocycles. The van der Waals surface area contributed by atoms with Crippen LogP contribution in [-0.4, -0.2) is 16.5 Å². The number of nitrogens with one attached hydrogen (secondary N) is 2. The number of H-pyrrole nitrogens is 1. The highest BCUT2D eigenvalue weighted by molar-refractivity contribution is 5.58. The zero-order valence-corrected chi connectivity index (χ0v) is 10.4. The van der Waals surface area contributed by atoms with E-state index in [2.05, 4.69) is 15.3 Å². The molecule has 0 spiro atoms. The van der Waals surface area contributed by atoms with E-state index in [-0.39, 0.29) is 6.04 Å². The predicted octanol–water partition coefficient (Wildman–Crippen LogP) is 3.17. The lowest BCUT2D eigenvalue weighted by Crippen LogP contribution is -2.27. The molecule has 1 unspecified atom stereocenters. The molecule has 0 amide bonds. The fourth-order valence-corrected chi connectivity index (χ4v) is 2.45. The molecule has 2 N–H and O–H groups in total. The zero-order valence-electron chi connectivity index (χ0n) is 10.4. The maximum Gasteiger partial charge on any atom is 0.126 e. The summed E-state index contributed by atoms with van der Waals surface area (Å²) in [5.74, 6) is -0.330. The molecule has 2 aromatic rings. The fourth-order valence-electron chi connectivity index (χ4n) is 2.45. The summed E-state index contributed by atoms with van der Waals surface area (Å²) in [6.45, 7) is 0.981. The van der Waals surface area contributed by atoms with Gasteiger partial charge in [-0.25, -0.2) is 13.8 Å². The van der Waals surface area contributed by atoms with E-state index in [0.29, 0.717) is 11.3 Å². The van der Waals surface area contributed by atoms with Crippen molar-refractivity contribution in [3.8, 4) is 11.3 Å². The van der Waals surface area contributed by atoms with Gasteiger partial charge in [0.15, 0.2) is 0 Å². The molecule has 0 saturated carbocycles. The van der Waals surface area contributed by atoms with Gasteiger partial charge in [-0.05, 0) is 31.5 Å². The molecule has 2 heterocycles. The predicted molar refractivity (Wildman–Crippen MR) is 68.5 cm³/mol. The third-order valence-electron chi connectivity index (χ3n) is 3.41. The number of nitrogens with zero attached hydrogens (tertiary/aromatic N) is 1. The molecule has 1 aromatic heterocycles. The second kappa shape index (κ2) is 5.09. The van der Waals surface area contributed by atoms with E-state index in [1.807, 2.05) is 0 Å². The Morgan fingerprint density at radius 1 is 1.11 bits per heavy atom. The molecule has 1 atom stereocenters. The van der Waals surface area contributed by atoms with Gasteiger partial charge in [-0.1, -0.05) is 6.42 Å². The lowest BCUT2D eigenvalue weighted by molar-refractivity contribution is 0.399. The molecule has 0 radical (unpaired) electrons. The minimum Gasteiger partial charge on any atom is -0.341 e. The van der Waals surface area contributed by atoms with Crippen LogP contribution in [0.4, 0.5) is 8.78 Å². The largest absolute Gasteiger partial charge is 0.341 e. The first-order chi connectivity index (χ1) is 9.22. The average molecular weight is 263 g/mol. The normalized spacial score (nSPS) is 19.6. The maximum absolute atomic E-state index is 13.2. The molecule has 5 heteroatoms. The van der Waals surface area contributed by atoms with Crippen molar-refractivity contribution < 1.29 is 8.78 Å². The number of rotatable bonds is 2. The van der Waals surface area contributed by atoms with Crippen LogP contribution in [0.3, 0.4) is 0 Å². The van der Waals surface area contributed by atoms with Crippen LogP contribution in [0.15, 0.2) is 24.4 Å².